The predicted octanol–water partition coefficient (Wildman–Crippen LogP) is 2.96. The summed E-state index contributed by atoms with van der Waals surface area (Å²) in [7, 11) is 1.20. The van der Waals surface area contributed by atoms with Gasteiger partial charge in [-0.2, -0.15) is 13.2 Å². The van der Waals surface area contributed by atoms with Crippen molar-refractivity contribution in [2.45, 2.75) is 12.6 Å². The number of rotatable bonds is 3. The van der Waals surface area contributed by atoms with E-state index < -0.39 is 24.5 Å². The van der Waals surface area contributed by atoms with E-state index in [1.807, 2.05) is 17.2 Å². The zero-order valence-corrected chi connectivity index (χ0v) is 14.6. The van der Waals surface area contributed by atoms with Gasteiger partial charge in [-0.1, -0.05) is 0 Å². The van der Waals surface area contributed by atoms with Crippen LogP contribution in [0.2, 0.25) is 0 Å². The Labute approximate surface area is 153 Å². The molecular formula is C18H18F3N5O. The number of hydrogen-bond acceptors (Lipinski definition) is 4. The number of amides is 1. The number of hydrogen-bond donors (Lipinski definition) is 1. The molecule has 0 saturated carbocycles. The molecule has 1 saturated heterocycles. The summed E-state index contributed by atoms with van der Waals surface area (Å²) < 4.78 is 37.7. The molecule has 1 aliphatic rings. The summed E-state index contributed by atoms with van der Waals surface area (Å²) in [6.07, 6.45) is 3.13. The molecule has 0 bridgehead atoms. The van der Waals surface area contributed by atoms with Gasteiger partial charge < -0.3 is 14.8 Å². The second kappa shape index (κ2) is 6.40. The summed E-state index contributed by atoms with van der Waals surface area (Å²) in [6, 6.07) is 1.93. The lowest BCUT2D eigenvalue weighted by Crippen LogP contribution is -2.40. The summed E-state index contributed by atoms with van der Waals surface area (Å²) in [5.74, 6) is -0.937. The van der Waals surface area contributed by atoms with Gasteiger partial charge in [-0.25, -0.2) is 4.98 Å². The Morgan fingerprint density at radius 1 is 1.37 bits per heavy atom. The first-order valence-corrected chi connectivity index (χ1v) is 8.60. The number of carbonyl (C=O) groups excluding carboxylic acids is 1. The zero-order chi connectivity index (χ0) is 19.2. The maximum Gasteiger partial charge on any atom is 0.406 e. The molecule has 6 nitrogen and oxygen atoms in total. The van der Waals surface area contributed by atoms with Gasteiger partial charge in [0.1, 0.15) is 12.2 Å². The van der Waals surface area contributed by atoms with Crippen molar-refractivity contribution < 1.29 is 18.0 Å². The third kappa shape index (κ3) is 3.29. The number of aromatic nitrogens is 3. The number of pyridine rings is 2. The minimum atomic E-state index is -4.39. The highest BCUT2D eigenvalue weighted by Gasteiger charge is 2.36. The van der Waals surface area contributed by atoms with E-state index in [9.17, 15) is 18.0 Å². The largest absolute Gasteiger partial charge is 0.406 e. The van der Waals surface area contributed by atoms with E-state index in [1.165, 1.54) is 7.05 Å². The number of nitrogens with zero attached hydrogens (tertiary/aromatic N) is 4. The molecule has 1 amide bonds. The third-order valence-electron chi connectivity index (χ3n) is 4.95. The van der Waals surface area contributed by atoms with Crippen molar-refractivity contribution in [3.8, 4) is 0 Å². The number of alkyl halides is 3. The molecular weight excluding hydrogens is 359 g/mol. The highest BCUT2D eigenvalue weighted by molar-refractivity contribution is 6.11. The van der Waals surface area contributed by atoms with Gasteiger partial charge in [0.05, 0.1) is 17.8 Å². The molecule has 4 heterocycles. The number of H-pyrrole nitrogens is 1. The zero-order valence-electron chi connectivity index (χ0n) is 14.6. The predicted molar refractivity (Wildman–Crippen MR) is 95.4 cm³/mol. The molecule has 1 N–H and O–H groups in total. The lowest BCUT2D eigenvalue weighted by atomic mass is 10.1. The summed E-state index contributed by atoms with van der Waals surface area (Å²) in [5, 5.41) is 2.81. The fraction of sp³-hybridized carbons (Fsp3) is 0.389. The normalized spacial score (nSPS) is 17.8. The maximum atomic E-state index is 12.6. The molecule has 0 radical (unpaired) electrons. The van der Waals surface area contributed by atoms with Gasteiger partial charge in [0.25, 0.3) is 0 Å². The molecule has 0 aromatic carbocycles. The summed E-state index contributed by atoms with van der Waals surface area (Å²) in [5.41, 5.74) is 1.62. The van der Waals surface area contributed by atoms with E-state index in [-0.39, 0.29) is 0 Å². The van der Waals surface area contributed by atoms with Gasteiger partial charge in [-0.05, 0) is 12.5 Å². The van der Waals surface area contributed by atoms with E-state index >= 15 is 0 Å². The Kier molecular flexibility index (Phi) is 4.16. The molecule has 1 fully saturated rings. The molecule has 0 spiro atoms. The standard InChI is InChI=1S/C18H18F3N5O/c1-25(10-18(19,20)21)17(27)11-3-5-26(9-11)14-8-22-6-12-7-24-16-13(15(12)14)2-4-23-16/h2,4,6-8,11H,3,5,9-10H2,1H3,(H,23,24). The first-order chi connectivity index (χ1) is 12.8. The topological polar surface area (TPSA) is 65.1 Å². The van der Waals surface area contributed by atoms with Crippen molar-refractivity contribution in [3.05, 3.63) is 30.9 Å². The fourth-order valence-electron chi connectivity index (χ4n) is 3.74. The quantitative estimate of drug-likeness (QED) is 0.762. The number of carbonyl (C=O) groups is 1. The number of aromatic amines is 1. The molecule has 3 aromatic heterocycles. The monoisotopic (exact) mass is 377 g/mol. The van der Waals surface area contributed by atoms with Gasteiger partial charge >= 0.3 is 6.18 Å². The highest BCUT2D eigenvalue weighted by Crippen LogP contribution is 2.34. The second-order valence-corrected chi connectivity index (χ2v) is 6.86. The van der Waals surface area contributed by atoms with Gasteiger partial charge in [0.2, 0.25) is 5.91 Å². The number of fused-ring (bicyclic) bond motifs is 3. The van der Waals surface area contributed by atoms with Gasteiger partial charge in [0.15, 0.2) is 0 Å². The van der Waals surface area contributed by atoms with Crippen molar-refractivity contribution >= 4 is 33.4 Å². The van der Waals surface area contributed by atoms with E-state index in [4.69, 9.17) is 0 Å². The number of anilines is 1. The van der Waals surface area contributed by atoms with Crippen LogP contribution in [0.3, 0.4) is 0 Å². The van der Waals surface area contributed by atoms with Crippen LogP contribution in [0.4, 0.5) is 18.9 Å². The first-order valence-electron chi connectivity index (χ1n) is 8.60. The first kappa shape index (κ1) is 17.6. The fourth-order valence-corrected chi connectivity index (χ4v) is 3.74. The second-order valence-electron chi connectivity index (χ2n) is 6.86. The van der Waals surface area contributed by atoms with Crippen LogP contribution in [0.25, 0.3) is 21.8 Å². The maximum absolute atomic E-state index is 12.6. The molecule has 142 valence electrons. The summed E-state index contributed by atoms with van der Waals surface area (Å²) in [6.45, 7) is -0.269. The highest BCUT2D eigenvalue weighted by atomic mass is 19.4. The Morgan fingerprint density at radius 3 is 2.96 bits per heavy atom. The molecule has 1 unspecified atom stereocenters. The van der Waals surface area contributed by atoms with Crippen LogP contribution >= 0.6 is 0 Å². The Hall–Kier alpha value is -2.84. The average Bonchev–Trinajstić information content (AvgIpc) is 3.28. The van der Waals surface area contributed by atoms with Crippen molar-refractivity contribution in [2.75, 3.05) is 31.6 Å². The SMILES string of the molecule is CN(CC(F)(F)F)C(=O)C1CCN(c2cncc3cnc4[nH]ccc4c23)C1. The van der Waals surface area contributed by atoms with Crippen LogP contribution in [-0.2, 0) is 4.79 Å². The number of halogens is 3. The average molecular weight is 377 g/mol. The molecule has 9 heteroatoms. The molecule has 27 heavy (non-hydrogen) atoms. The van der Waals surface area contributed by atoms with Crippen LogP contribution < -0.4 is 4.90 Å². The van der Waals surface area contributed by atoms with Gasteiger partial charge in [-0.3, -0.25) is 9.78 Å². The lowest BCUT2D eigenvalue weighted by Gasteiger charge is -2.23. The molecule has 3 aromatic rings. The van der Waals surface area contributed by atoms with E-state index in [0.29, 0.717) is 19.5 Å². The van der Waals surface area contributed by atoms with Crippen molar-refractivity contribution in [1.82, 2.24) is 19.9 Å². The Bertz CT molecular complexity index is 999. The van der Waals surface area contributed by atoms with Crippen LogP contribution in [-0.4, -0.2) is 58.6 Å². The minimum absolute atomic E-state index is 0.371. The summed E-state index contributed by atoms with van der Waals surface area (Å²) in [4.78, 5) is 26.9. The van der Waals surface area contributed by atoms with E-state index in [1.54, 1.807) is 18.6 Å². The van der Waals surface area contributed by atoms with Crippen molar-refractivity contribution in [2.24, 2.45) is 5.92 Å². The minimum Gasteiger partial charge on any atom is -0.369 e. The van der Waals surface area contributed by atoms with E-state index in [0.717, 1.165) is 32.4 Å². The van der Waals surface area contributed by atoms with Crippen LogP contribution in [0, 0.1) is 5.92 Å². The van der Waals surface area contributed by atoms with Crippen molar-refractivity contribution in [3.63, 3.8) is 0 Å². The van der Waals surface area contributed by atoms with Gasteiger partial charge in [-0.15, -0.1) is 0 Å². The van der Waals surface area contributed by atoms with Gasteiger partial charge in [0, 0.05) is 54.9 Å². The third-order valence-corrected chi connectivity index (χ3v) is 4.95. The van der Waals surface area contributed by atoms with Crippen molar-refractivity contribution in [1.29, 1.82) is 0 Å². The molecule has 4 rings (SSSR count). The molecule has 1 atom stereocenters. The smallest absolute Gasteiger partial charge is 0.369 e. The molecule has 1 aliphatic heterocycles. The van der Waals surface area contributed by atoms with Crippen LogP contribution in [0.15, 0.2) is 30.9 Å². The van der Waals surface area contributed by atoms with Crippen LogP contribution in [0.5, 0.6) is 0 Å². The Morgan fingerprint density at radius 2 is 2.19 bits per heavy atom. The van der Waals surface area contributed by atoms with Crippen LogP contribution in [0.1, 0.15) is 6.42 Å². The lowest BCUT2D eigenvalue weighted by molar-refractivity contribution is -0.160. The Balaban J connectivity index is 1.61. The molecule has 0 aliphatic carbocycles. The number of nitrogens with one attached hydrogen (secondary N) is 1. The summed E-state index contributed by atoms with van der Waals surface area (Å²) >= 11 is 0. The van der Waals surface area contributed by atoms with E-state index in [2.05, 4.69) is 15.0 Å².